The second-order valence-corrected chi connectivity index (χ2v) is 4.93. The van der Waals surface area contributed by atoms with E-state index in [1.54, 1.807) is 6.92 Å². The van der Waals surface area contributed by atoms with Gasteiger partial charge in [0.15, 0.2) is 5.78 Å². The Labute approximate surface area is 124 Å². The number of benzene rings is 1. The molecule has 0 spiro atoms. The number of ether oxygens (including phenoxy) is 3. The molecule has 1 saturated heterocycles. The van der Waals surface area contributed by atoms with Gasteiger partial charge in [-0.25, -0.2) is 0 Å². The third-order valence-corrected chi connectivity index (χ3v) is 3.22. The topological polar surface area (TPSA) is 61.8 Å². The van der Waals surface area contributed by atoms with E-state index in [9.17, 15) is 9.59 Å². The molecule has 1 aliphatic heterocycles. The number of rotatable bonds is 7. The summed E-state index contributed by atoms with van der Waals surface area (Å²) in [6.07, 6.45) is -0.684. The van der Waals surface area contributed by atoms with Crippen LogP contribution in [0.3, 0.4) is 0 Å². The van der Waals surface area contributed by atoms with E-state index in [2.05, 4.69) is 0 Å². The molecule has 1 aliphatic rings. The van der Waals surface area contributed by atoms with Crippen LogP contribution in [-0.2, 0) is 30.4 Å². The molecular formula is C16H20O5. The van der Waals surface area contributed by atoms with Crippen LogP contribution in [0, 0.1) is 0 Å². The van der Waals surface area contributed by atoms with Crippen LogP contribution < -0.4 is 0 Å². The summed E-state index contributed by atoms with van der Waals surface area (Å²) in [5.41, 5.74) is 1.07. The Balaban J connectivity index is 1.71. The summed E-state index contributed by atoms with van der Waals surface area (Å²) in [4.78, 5) is 23.1. The van der Waals surface area contributed by atoms with Gasteiger partial charge in [0.2, 0.25) is 0 Å². The van der Waals surface area contributed by atoms with Gasteiger partial charge in [0.25, 0.3) is 0 Å². The number of Topliss-reactive ketones (excluding diaryl/α,β-unsaturated/α-hetero) is 1. The smallest absolute Gasteiger partial charge is 0.308 e. The molecule has 1 aromatic carbocycles. The molecule has 21 heavy (non-hydrogen) atoms. The van der Waals surface area contributed by atoms with Crippen LogP contribution in [0.2, 0.25) is 0 Å². The Morgan fingerprint density at radius 1 is 1.33 bits per heavy atom. The van der Waals surface area contributed by atoms with Crippen LogP contribution in [0.5, 0.6) is 0 Å². The van der Waals surface area contributed by atoms with E-state index in [4.69, 9.17) is 14.2 Å². The fourth-order valence-corrected chi connectivity index (χ4v) is 2.23. The number of ketones is 1. The summed E-state index contributed by atoms with van der Waals surface area (Å²) in [7, 11) is 0. The number of hydrogen-bond donors (Lipinski definition) is 0. The van der Waals surface area contributed by atoms with Crippen molar-refractivity contribution in [1.29, 1.82) is 0 Å². The normalized spacial score (nSPS) is 21.5. The van der Waals surface area contributed by atoms with Crippen molar-refractivity contribution < 1.29 is 23.8 Å². The molecule has 1 fully saturated rings. The Morgan fingerprint density at radius 3 is 2.81 bits per heavy atom. The van der Waals surface area contributed by atoms with Gasteiger partial charge in [0, 0.05) is 6.42 Å². The lowest BCUT2D eigenvalue weighted by molar-refractivity contribution is -0.148. The predicted octanol–water partition coefficient (Wildman–Crippen LogP) is 1.88. The highest BCUT2D eigenvalue weighted by Crippen LogP contribution is 2.20. The minimum Gasteiger partial charge on any atom is -0.466 e. The van der Waals surface area contributed by atoms with Gasteiger partial charge >= 0.3 is 5.97 Å². The predicted molar refractivity (Wildman–Crippen MR) is 75.6 cm³/mol. The molecule has 0 unspecified atom stereocenters. The van der Waals surface area contributed by atoms with Crippen LogP contribution in [-0.4, -0.2) is 37.2 Å². The van der Waals surface area contributed by atoms with Gasteiger partial charge in [-0.05, 0) is 12.5 Å². The lowest BCUT2D eigenvalue weighted by Crippen LogP contribution is -2.22. The van der Waals surface area contributed by atoms with Crippen molar-refractivity contribution in [1.82, 2.24) is 0 Å². The van der Waals surface area contributed by atoms with Gasteiger partial charge in [-0.1, -0.05) is 30.3 Å². The molecule has 2 rings (SSSR count). The fourth-order valence-electron chi connectivity index (χ4n) is 2.23. The minimum atomic E-state index is -0.686. The van der Waals surface area contributed by atoms with Gasteiger partial charge < -0.3 is 14.2 Å². The Hall–Kier alpha value is -1.72. The minimum absolute atomic E-state index is 0.0120. The van der Waals surface area contributed by atoms with E-state index in [1.807, 2.05) is 30.3 Å². The van der Waals surface area contributed by atoms with E-state index in [-0.39, 0.29) is 18.3 Å². The zero-order valence-corrected chi connectivity index (χ0v) is 12.1. The number of hydrogen-bond acceptors (Lipinski definition) is 5. The first-order chi connectivity index (χ1) is 10.2. The maximum Gasteiger partial charge on any atom is 0.308 e. The molecule has 0 N–H and O–H groups in total. The Morgan fingerprint density at radius 2 is 2.10 bits per heavy atom. The van der Waals surface area contributed by atoms with Crippen molar-refractivity contribution in [3.63, 3.8) is 0 Å². The summed E-state index contributed by atoms with van der Waals surface area (Å²) in [6, 6.07) is 9.80. The van der Waals surface area contributed by atoms with E-state index >= 15 is 0 Å². The quantitative estimate of drug-likeness (QED) is 0.718. The third-order valence-electron chi connectivity index (χ3n) is 3.22. The molecule has 2 atom stereocenters. The first-order valence-corrected chi connectivity index (χ1v) is 7.14. The lowest BCUT2D eigenvalue weighted by atomic mass is 10.1. The number of carbonyl (C=O) groups is 2. The van der Waals surface area contributed by atoms with Gasteiger partial charge in [0.1, 0.15) is 6.10 Å². The summed E-state index contributed by atoms with van der Waals surface area (Å²) < 4.78 is 15.9. The second-order valence-electron chi connectivity index (χ2n) is 4.93. The molecule has 0 amide bonds. The molecule has 0 aromatic heterocycles. The number of esters is 1. The molecule has 5 heteroatoms. The maximum absolute atomic E-state index is 11.8. The van der Waals surface area contributed by atoms with Gasteiger partial charge in [-0.2, -0.15) is 0 Å². The van der Waals surface area contributed by atoms with Crippen molar-refractivity contribution in [2.45, 2.75) is 38.6 Å². The van der Waals surface area contributed by atoms with Gasteiger partial charge in [-0.3, -0.25) is 9.59 Å². The summed E-state index contributed by atoms with van der Waals surface area (Å²) in [6.45, 7) is 2.87. The van der Waals surface area contributed by atoms with Crippen LogP contribution in [0.1, 0.15) is 25.3 Å². The summed E-state index contributed by atoms with van der Waals surface area (Å²) in [5, 5.41) is 0. The van der Waals surface area contributed by atoms with E-state index in [0.717, 1.165) is 5.56 Å². The van der Waals surface area contributed by atoms with Crippen molar-refractivity contribution in [2.75, 3.05) is 13.2 Å². The molecule has 1 aromatic rings. The highest BCUT2D eigenvalue weighted by atomic mass is 16.6. The van der Waals surface area contributed by atoms with E-state index in [0.29, 0.717) is 26.2 Å². The van der Waals surface area contributed by atoms with Crippen LogP contribution >= 0.6 is 0 Å². The van der Waals surface area contributed by atoms with Crippen LogP contribution in [0.15, 0.2) is 30.3 Å². The average molecular weight is 292 g/mol. The third kappa shape index (κ3) is 4.95. The molecular weight excluding hydrogens is 272 g/mol. The van der Waals surface area contributed by atoms with Crippen LogP contribution in [0.25, 0.3) is 0 Å². The molecule has 0 bridgehead atoms. The van der Waals surface area contributed by atoms with Gasteiger partial charge in [-0.15, -0.1) is 0 Å². The molecule has 114 valence electrons. The van der Waals surface area contributed by atoms with Crippen LogP contribution in [0.4, 0.5) is 0 Å². The Kier molecular flexibility index (Phi) is 5.90. The second kappa shape index (κ2) is 7.90. The van der Waals surface area contributed by atoms with Crippen molar-refractivity contribution in [3.8, 4) is 0 Å². The largest absolute Gasteiger partial charge is 0.466 e. The van der Waals surface area contributed by atoms with E-state index in [1.165, 1.54) is 0 Å². The van der Waals surface area contributed by atoms with Crippen molar-refractivity contribution in [2.24, 2.45) is 0 Å². The highest BCUT2D eigenvalue weighted by Gasteiger charge is 2.35. The van der Waals surface area contributed by atoms with Crippen molar-refractivity contribution in [3.05, 3.63) is 35.9 Å². The maximum atomic E-state index is 11.8. The standard InChI is InChI=1S/C16H20O5/c1-2-20-16(18)9-15-14(17)8-13(21-15)11-19-10-12-6-4-3-5-7-12/h3-7,13,15H,2,8-11H2,1H3/t13-,15-/m1/s1. The zero-order valence-electron chi connectivity index (χ0n) is 12.1. The fraction of sp³-hybridized carbons (Fsp3) is 0.500. The summed E-state index contributed by atoms with van der Waals surface area (Å²) in [5.74, 6) is -0.460. The Bertz CT molecular complexity index is 471. The molecule has 0 aliphatic carbocycles. The molecule has 0 saturated carbocycles. The number of carbonyl (C=O) groups excluding carboxylic acids is 2. The average Bonchev–Trinajstić information content (AvgIpc) is 2.80. The first kappa shape index (κ1) is 15.7. The van der Waals surface area contributed by atoms with Crippen molar-refractivity contribution >= 4 is 11.8 Å². The lowest BCUT2D eigenvalue weighted by Gasteiger charge is -2.12. The highest BCUT2D eigenvalue weighted by molar-refractivity contribution is 5.89. The zero-order chi connectivity index (χ0) is 15.1. The van der Waals surface area contributed by atoms with Gasteiger partial charge in [0.05, 0.1) is 32.3 Å². The first-order valence-electron chi connectivity index (χ1n) is 7.14. The summed E-state index contributed by atoms with van der Waals surface area (Å²) >= 11 is 0. The SMILES string of the molecule is CCOC(=O)C[C@H]1O[C@@H](COCc2ccccc2)CC1=O. The molecule has 1 heterocycles. The molecule has 0 radical (unpaired) electrons. The monoisotopic (exact) mass is 292 g/mol. The molecule has 5 nitrogen and oxygen atoms in total. The van der Waals surface area contributed by atoms with E-state index < -0.39 is 12.1 Å².